The van der Waals surface area contributed by atoms with Crippen LogP contribution in [0.15, 0.2) is 23.1 Å². The van der Waals surface area contributed by atoms with E-state index in [-0.39, 0.29) is 22.7 Å². The van der Waals surface area contributed by atoms with Crippen molar-refractivity contribution in [1.82, 2.24) is 9.21 Å². The van der Waals surface area contributed by atoms with E-state index in [1.54, 1.807) is 24.0 Å². The molecule has 2 aliphatic rings. The molecule has 0 saturated carbocycles. The minimum atomic E-state index is -3.67. The van der Waals surface area contributed by atoms with Crippen molar-refractivity contribution in [3.05, 3.63) is 23.8 Å². The molecule has 9 heteroatoms. The van der Waals surface area contributed by atoms with Gasteiger partial charge >= 0.3 is 5.97 Å². The Morgan fingerprint density at radius 2 is 1.81 bits per heavy atom. The maximum Gasteiger partial charge on any atom is 0.310 e. The van der Waals surface area contributed by atoms with Crippen LogP contribution in [-0.2, 0) is 19.6 Å². The Hall–Kier alpha value is -2.13. The number of hydrogen-bond donors (Lipinski definition) is 0. The molecule has 0 radical (unpaired) electrons. The van der Waals surface area contributed by atoms with Gasteiger partial charge in [0.2, 0.25) is 10.0 Å². The lowest BCUT2D eigenvalue weighted by molar-refractivity contribution is -0.149. The highest BCUT2D eigenvalue weighted by Gasteiger charge is 2.32. The van der Waals surface area contributed by atoms with Gasteiger partial charge in [0.25, 0.3) is 5.91 Å². The van der Waals surface area contributed by atoms with Crippen LogP contribution in [-0.4, -0.2) is 76.4 Å². The van der Waals surface area contributed by atoms with E-state index in [2.05, 4.69) is 4.90 Å². The number of piperidine rings is 2. The zero-order valence-electron chi connectivity index (χ0n) is 18.7. The molecule has 1 aromatic rings. The molecule has 0 aromatic heterocycles. The number of rotatable bonds is 6. The van der Waals surface area contributed by atoms with Crippen LogP contribution in [0.25, 0.3) is 0 Å². The summed E-state index contributed by atoms with van der Waals surface area (Å²) in [5.41, 5.74) is 1.15. The highest BCUT2D eigenvalue weighted by molar-refractivity contribution is 7.89. The van der Waals surface area contributed by atoms with Crippen LogP contribution in [0.2, 0.25) is 0 Å². The van der Waals surface area contributed by atoms with E-state index in [1.165, 1.54) is 20.2 Å². The molecule has 1 atom stereocenters. The molecule has 0 bridgehead atoms. The van der Waals surface area contributed by atoms with Crippen molar-refractivity contribution in [2.75, 3.05) is 51.8 Å². The number of carbonyl (C=O) groups excluding carboxylic acids is 2. The molecular formula is C22H33N3O5S. The van der Waals surface area contributed by atoms with Crippen molar-refractivity contribution < 1.29 is 22.7 Å². The lowest BCUT2D eigenvalue weighted by atomic mass is 9.97. The molecule has 1 unspecified atom stereocenters. The van der Waals surface area contributed by atoms with Gasteiger partial charge in [-0.2, -0.15) is 0 Å². The molecule has 2 saturated heterocycles. The summed E-state index contributed by atoms with van der Waals surface area (Å²) in [5, 5.41) is 0. The van der Waals surface area contributed by atoms with Gasteiger partial charge < -0.3 is 14.5 Å². The first-order chi connectivity index (χ1) is 14.8. The second-order valence-corrected chi connectivity index (χ2v) is 10.5. The van der Waals surface area contributed by atoms with Gasteiger partial charge in [-0.15, -0.1) is 0 Å². The average molecular weight is 452 g/mol. The summed E-state index contributed by atoms with van der Waals surface area (Å²) in [6, 6.07) is 4.82. The van der Waals surface area contributed by atoms with Crippen LogP contribution in [0.1, 0.15) is 49.4 Å². The Kier molecular flexibility index (Phi) is 7.59. The molecule has 2 fully saturated rings. The molecule has 3 rings (SSSR count). The number of esters is 1. The standard InChI is InChI=1S/C22H33N3O5S/c1-4-30-22(27)17-9-8-14-25(16-17)21(26)19-15-18(31(28,29)23(2)3)10-11-20(19)24-12-6-5-7-13-24/h10-11,15,17H,4-9,12-14,16H2,1-3H3. The first kappa shape index (κ1) is 23.5. The summed E-state index contributed by atoms with van der Waals surface area (Å²) in [6.45, 7) is 4.59. The SMILES string of the molecule is CCOC(=O)C1CCCN(C(=O)c2cc(S(=O)(=O)N(C)C)ccc2N2CCCCC2)C1. The molecule has 0 N–H and O–H groups in total. The van der Waals surface area contributed by atoms with Gasteiger partial charge in [0.1, 0.15) is 0 Å². The zero-order valence-corrected chi connectivity index (χ0v) is 19.5. The van der Waals surface area contributed by atoms with Crippen molar-refractivity contribution in [1.29, 1.82) is 0 Å². The van der Waals surface area contributed by atoms with Crippen molar-refractivity contribution in [2.45, 2.75) is 43.9 Å². The van der Waals surface area contributed by atoms with Crippen LogP contribution < -0.4 is 4.90 Å². The van der Waals surface area contributed by atoms with Gasteiger partial charge in [-0.25, -0.2) is 12.7 Å². The van der Waals surface area contributed by atoms with E-state index < -0.39 is 10.0 Å². The molecule has 0 aliphatic carbocycles. The van der Waals surface area contributed by atoms with Gasteiger partial charge in [0, 0.05) is 46.0 Å². The Bertz CT molecular complexity index is 910. The topological polar surface area (TPSA) is 87.2 Å². The lowest BCUT2D eigenvalue weighted by Crippen LogP contribution is -2.43. The minimum absolute atomic E-state index is 0.0977. The summed E-state index contributed by atoms with van der Waals surface area (Å²) in [7, 11) is -0.720. The summed E-state index contributed by atoms with van der Waals surface area (Å²) >= 11 is 0. The molecule has 172 valence electrons. The largest absolute Gasteiger partial charge is 0.466 e. The molecule has 2 heterocycles. The van der Waals surface area contributed by atoms with E-state index in [0.717, 1.165) is 42.3 Å². The average Bonchev–Trinajstić information content (AvgIpc) is 2.79. The van der Waals surface area contributed by atoms with Crippen molar-refractivity contribution >= 4 is 27.6 Å². The summed E-state index contributed by atoms with van der Waals surface area (Å²) < 4.78 is 31.7. The van der Waals surface area contributed by atoms with Crippen LogP contribution >= 0.6 is 0 Å². The number of carbonyl (C=O) groups is 2. The lowest BCUT2D eigenvalue weighted by Gasteiger charge is -2.34. The molecule has 2 aliphatic heterocycles. The number of amides is 1. The van der Waals surface area contributed by atoms with Gasteiger partial charge in [-0.05, 0) is 57.2 Å². The van der Waals surface area contributed by atoms with Gasteiger partial charge in [0.15, 0.2) is 0 Å². The zero-order chi connectivity index (χ0) is 22.6. The van der Waals surface area contributed by atoms with Crippen LogP contribution in [0.4, 0.5) is 5.69 Å². The maximum absolute atomic E-state index is 13.6. The van der Waals surface area contributed by atoms with Crippen LogP contribution in [0.3, 0.4) is 0 Å². The molecule has 0 spiro atoms. The third kappa shape index (κ3) is 5.20. The number of nitrogens with zero attached hydrogens (tertiary/aromatic N) is 3. The Labute approximate surface area is 185 Å². The summed E-state index contributed by atoms with van der Waals surface area (Å²) in [5.74, 6) is -0.852. The smallest absolute Gasteiger partial charge is 0.310 e. The third-order valence-electron chi connectivity index (χ3n) is 6.00. The van der Waals surface area contributed by atoms with Gasteiger partial charge in [-0.3, -0.25) is 9.59 Å². The van der Waals surface area contributed by atoms with Gasteiger partial charge in [-0.1, -0.05) is 0 Å². The number of anilines is 1. The number of ether oxygens (including phenoxy) is 1. The van der Waals surface area contributed by atoms with Crippen molar-refractivity contribution in [3.63, 3.8) is 0 Å². The van der Waals surface area contributed by atoms with E-state index in [9.17, 15) is 18.0 Å². The summed E-state index contributed by atoms with van der Waals surface area (Å²) in [4.78, 5) is 29.7. The molecule has 31 heavy (non-hydrogen) atoms. The van der Waals surface area contributed by atoms with Crippen molar-refractivity contribution in [3.8, 4) is 0 Å². The first-order valence-corrected chi connectivity index (χ1v) is 12.5. The Morgan fingerprint density at radius 3 is 2.45 bits per heavy atom. The quantitative estimate of drug-likeness (QED) is 0.617. The molecule has 1 amide bonds. The third-order valence-corrected chi connectivity index (χ3v) is 7.81. The highest BCUT2D eigenvalue weighted by Crippen LogP contribution is 2.30. The Balaban J connectivity index is 1.95. The Morgan fingerprint density at radius 1 is 1.10 bits per heavy atom. The fourth-order valence-electron chi connectivity index (χ4n) is 4.25. The normalized spacial score (nSPS) is 20.1. The van der Waals surface area contributed by atoms with Crippen LogP contribution in [0, 0.1) is 5.92 Å². The monoisotopic (exact) mass is 451 g/mol. The van der Waals surface area contributed by atoms with E-state index >= 15 is 0 Å². The first-order valence-electron chi connectivity index (χ1n) is 11.0. The fraction of sp³-hybridized carbons (Fsp3) is 0.636. The second kappa shape index (κ2) is 9.99. The molecule has 8 nitrogen and oxygen atoms in total. The molecule has 1 aromatic carbocycles. The van der Waals surface area contributed by atoms with E-state index in [1.807, 2.05) is 0 Å². The molecular weight excluding hydrogens is 418 g/mol. The fourth-order valence-corrected chi connectivity index (χ4v) is 5.18. The second-order valence-electron chi connectivity index (χ2n) is 8.36. The summed E-state index contributed by atoms with van der Waals surface area (Å²) in [6.07, 6.45) is 4.64. The number of sulfonamides is 1. The maximum atomic E-state index is 13.6. The van der Waals surface area contributed by atoms with E-state index in [4.69, 9.17) is 4.74 Å². The van der Waals surface area contributed by atoms with Gasteiger partial charge in [0.05, 0.1) is 23.0 Å². The van der Waals surface area contributed by atoms with Crippen LogP contribution in [0.5, 0.6) is 0 Å². The predicted octanol–water partition coefficient (Wildman–Crippen LogP) is 2.34. The number of likely N-dealkylation sites (tertiary alicyclic amines) is 1. The van der Waals surface area contributed by atoms with E-state index in [0.29, 0.717) is 38.1 Å². The number of hydrogen-bond acceptors (Lipinski definition) is 6. The number of benzene rings is 1. The minimum Gasteiger partial charge on any atom is -0.466 e. The highest BCUT2D eigenvalue weighted by atomic mass is 32.2. The predicted molar refractivity (Wildman–Crippen MR) is 119 cm³/mol. The van der Waals surface area contributed by atoms with Crippen molar-refractivity contribution in [2.24, 2.45) is 5.92 Å².